The molecule has 0 bridgehead atoms. The van der Waals surface area contributed by atoms with Gasteiger partial charge in [0.1, 0.15) is 0 Å². The Labute approximate surface area is 108 Å². The number of nitrogens with zero attached hydrogens (tertiary/aromatic N) is 1. The van der Waals surface area contributed by atoms with Gasteiger partial charge in [-0.15, -0.1) is 0 Å². The van der Waals surface area contributed by atoms with Gasteiger partial charge in [0, 0.05) is 0 Å². The molecule has 90 valence electrons. The maximum Gasteiger partial charge on any atom is 0.0909 e. The van der Waals surface area contributed by atoms with Crippen molar-refractivity contribution in [3.05, 3.63) is 34.9 Å². The van der Waals surface area contributed by atoms with Gasteiger partial charge < -0.3 is 0 Å². The van der Waals surface area contributed by atoms with Gasteiger partial charge in [0.15, 0.2) is 0 Å². The number of benzene rings is 1. The minimum Gasteiger partial charge on any atom is -0.293 e. The highest BCUT2D eigenvalue weighted by atomic mass is 79.9. The predicted molar refractivity (Wildman–Crippen MR) is 75.2 cm³/mol. The van der Waals surface area contributed by atoms with E-state index in [0.29, 0.717) is 4.95 Å². The van der Waals surface area contributed by atoms with E-state index in [-0.39, 0.29) is 5.41 Å². The third kappa shape index (κ3) is 3.08. The minimum absolute atomic E-state index is 0.225. The summed E-state index contributed by atoms with van der Waals surface area (Å²) < 4.78 is 0. The van der Waals surface area contributed by atoms with E-state index in [2.05, 4.69) is 80.8 Å². The van der Waals surface area contributed by atoms with Crippen molar-refractivity contribution in [1.29, 1.82) is 0 Å². The lowest BCUT2D eigenvalue weighted by Gasteiger charge is -2.24. The molecule has 0 aliphatic rings. The minimum atomic E-state index is 0.225. The van der Waals surface area contributed by atoms with Gasteiger partial charge in [-0.2, -0.15) is 0 Å². The van der Waals surface area contributed by atoms with E-state index in [1.54, 1.807) is 0 Å². The fourth-order valence-corrected chi connectivity index (χ4v) is 2.20. The highest BCUT2D eigenvalue weighted by Crippen LogP contribution is 2.31. The molecular weight excluding hydrogens is 262 g/mol. The number of hydrogen-bond donors (Lipinski definition) is 0. The third-order valence-corrected chi connectivity index (χ3v) is 4.16. The summed E-state index contributed by atoms with van der Waals surface area (Å²) in [5.74, 6) is 0. The van der Waals surface area contributed by atoms with E-state index < -0.39 is 0 Å². The van der Waals surface area contributed by atoms with E-state index in [0.717, 1.165) is 0 Å². The van der Waals surface area contributed by atoms with Crippen LogP contribution < -0.4 is 0 Å². The average Bonchev–Trinajstić information content (AvgIpc) is 2.15. The number of alkyl halides is 1. The molecule has 0 radical (unpaired) electrons. The summed E-state index contributed by atoms with van der Waals surface area (Å²) in [5.41, 5.74) is 4.32. The second kappa shape index (κ2) is 4.89. The number of halogens is 1. The van der Waals surface area contributed by atoms with E-state index in [1.807, 2.05) is 0 Å². The summed E-state index contributed by atoms with van der Waals surface area (Å²) in [7, 11) is 4.16. The number of aryl methyl sites for hydroxylation is 1. The zero-order chi connectivity index (χ0) is 12.5. The highest BCUT2D eigenvalue weighted by Gasteiger charge is 2.17. The molecular formula is C14H22BrN. The molecule has 0 aliphatic carbocycles. The maximum absolute atomic E-state index is 3.70. The van der Waals surface area contributed by atoms with Crippen molar-refractivity contribution in [2.75, 3.05) is 14.1 Å². The fraction of sp³-hybridized carbons (Fsp3) is 0.571. The Hall–Kier alpha value is -0.340. The smallest absolute Gasteiger partial charge is 0.0909 e. The van der Waals surface area contributed by atoms with Crippen LogP contribution in [-0.4, -0.2) is 19.0 Å². The molecule has 0 saturated heterocycles. The van der Waals surface area contributed by atoms with Gasteiger partial charge in [0.05, 0.1) is 4.95 Å². The Morgan fingerprint density at radius 1 is 1.19 bits per heavy atom. The van der Waals surface area contributed by atoms with Crippen LogP contribution in [0.1, 0.15) is 42.4 Å². The van der Waals surface area contributed by atoms with Gasteiger partial charge in [-0.1, -0.05) is 54.9 Å². The van der Waals surface area contributed by atoms with Crippen molar-refractivity contribution < 1.29 is 0 Å². The molecule has 1 aromatic rings. The maximum atomic E-state index is 3.70. The van der Waals surface area contributed by atoms with Gasteiger partial charge in [0.2, 0.25) is 0 Å². The van der Waals surface area contributed by atoms with Crippen molar-refractivity contribution in [2.45, 2.75) is 38.1 Å². The molecule has 0 aromatic heterocycles. The van der Waals surface area contributed by atoms with E-state index in [1.165, 1.54) is 16.7 Å². The van der Waals surface area contributed by atoms with Crippen LogP contribution >= 0.6 is 15.9 Å². The quantitative estimate of drug-likeness (QED) is 0.579. The molecule has 1 aromatic carbocycles. The standard InChI is InChI=1S/C14H22BrN/c1-10-9-11(14(2,3)4)7-8-12(10)13(15)16(5)6/h7-9,13H,1-6H3. The van der Waals surface area contributed by atoms with Crippen LogP contribution in [-0.2, 0) is 5.41 Å². The molecule has 0 saturated carbocycles. The Morgan fingerprint density at radius 3 is 2.12 bits per heavy atom. The lowest BCUT2D eigenvalue weighted by atomic mass is 9.85. The van der Waals surface area contributed by atoms with Crippen molar-refractivity contribution in [2.24, 2.45) is 0 Å². The number of hydrogen-bond acceptors (Lipinski definition) is 1. The van der Waals surface area contributed by atoms with Crippen LogP contribution in [0.25, 0.3) is 0 Å². The number of rotatable bonds is 2. The highest BCUT2D eigenvalue weighted by molar-refractivity contribution is 9.09. The second-order valence-electron chi connectivity index (χ2n) is 5.62. The van der Waals surface area contributed by atoms with Crippen LogP contribution in [0.3, 0.4) is 0 Å². The molecule has 0 amide bonds. The molecule has 0 spiro atoms. The summed E-state index contributed by atoms with van der Waals surface area (Å²) in [6.07, 6.45) is 0. The first-order chi connectivity index (χ1) is 7.23. The fourth-order valence-electron chi connectivity index (χ4n) is 1.69. The van der Waals surface area contributed by atoms with Crippen LogP contribution in [0.5, 0.6) is 0 Å². The lowest BCUT2D eigenvalue weighted by Crippen LogP contribution is -2.16. The Morgan fingerprint density at radius 2 is 1.75 bits per heavy atom. The molecule has 0 N–H and O–H groups in total. The molecule has 1 unspecified atom stereocenters. The largest absolute Gasteiger partial charge is 0.293 e. The Bertz CT molecular complexity index is 363. The molecule has 0 aliphatic heterocycles. The molecule has 2 heteroatoms. The van der Waals surface area contributed by atoms with Crippen molar-refractivity contribution >= 4 is 15.9 Å². The Kier molecular flexibility index (Phi) is 4.19. The first-order valence-electron chi connectivity index (χ1n) is 5.65. The first-order valence-corrected chi connectivity index (χ1v) is 6.56. The monoisotopic (exact) mass is 283 g/mol. The SMILES string of the molecule is Cc1cc(C(C)(C)C)ccc1C(Br)N(C)C. The summed E-state index contributed by atoms with van der Waals surface area (Å²) in [5, 5.41) is 0. The zero-order valence-corrected chi connectivity index (χ0v) is 12.7. The molecule has 1 rings (SSSR count). The second-order valence-corrected chi connectivity index (χ2v) is 6.49. The summed E-state index contributed by atoms with van der Waals surface area (Å²) >= 11 is 3.70. The molecule has 1 nitrogen and oxygen atoms in total. The topological polar surface area (TPSA) is 3.24 Å². The van der Waals surface area contributed by atoms with Gasteiger partial charge in [-0.25, -0.2) is 0 Å². The molecule has 0 fully saturated rings. The van der Waals surface area contributed by atoms with E-state index >= 15 is 0 Å². The normalized spacial score (nSPS) is 14.2. The van der Waals surface area contributed by atoms with Crippen LogP contribution in [0.4, 0.5) is 0 Å². The van der Waals surface area contributed by atoms with E-state index in [9.17, 15) is 0 Å². The van der Waals surface area contributed by atoms with Gasteiger partial charge in [-0.3, -0.25) is 4.90 Å². The van der Waals surface area contributed by atoms with Crippen molar-refractivity contribution in [3.8, 4) is 0 Å². The molecule has 16 heavy (non-hydrogen) atoms. The summed E-state index contributed by atoms with van der Waals surface area (Å²) in [6, 6.07) is 6.77. The van der Waals surface area contributed by atoms with Crippen LogP contribution in [0.15, 0.2) is 18.2 Å². The van der Waals surface area contributed by atoms with Gasteiger partial charge >= 0.3 is 0 Å². The van der Waals surface area contributed by atoms with E-state index in [4.69, 9.17) is 0 Å². The summed E-state index contributed by atoms with van der Waals surface area (Å²) in [6.45, 7) is 8.93. The van der Waals surface area contributed by atoms with Crippen molar-refractivity contribution in [3.63, 3.8) is 0 Å². The Balaban J connectivity index is 3.10. The van der Waals surface area contributed by atoms with Gasteiger partial charge in [0.25, 0.3) is 0 Å². The summed E-state index contributed by atoms with van der Waals surface area (Å²) in [4.78, 5) is 2.46. The lowest BCUT2D eigenvalue weighted by molar-refractivity contribution is 0.397. The zero-order valence-electron chi connectivity index (χ0n) is 11.1. The first kappa shape index (κ1) is 13.7. The van der Waals surface area contributed by atoms with Gasteiger partial charge in [-0.05, 0) is 43.1 Å². The average molecular weight is 284 g/mol. The van der Waals surface area contributed by atoms with Crippen LogP contribution in [0.2, 0.25) is 0 Å². The molecule has 1 atom stereocenters. The molecule has 0 heterocycles. The predicted octanol–water partition coefficient (Wildman–Crippen LogP) is 4.25. The third-order valence-electron chi connectivity index (χ3n) is 2.85. The van der Waals surface area contributed by atoms with Crippen LogP contribution in [0, 0.1) is 6.92 Å². The van der Waals surface area contributed by atoms with Crippen molar-refractivity contribution in [1.82, 2.24) is 4.90 Å².